The van der Waals surface area contributed by atoms with Gasteiger partial charge in [0.2, 0.25) is 23.6 Å². The highest BCUT2D eigenvalue weighted by Crippen LogP contribution is 2.30. The third kappa shape index (κ3) is 14.1. The molecule has 0 aliphatic carbocycles. The number of amides is 4. The quantitative estimate of drug-likeness (QED) is 0.128. The van der Waals surface area contributed by atoms with E-state index >= 15 is 0 Å². The molecule has 3 rings (SSSR count). The van der Waals surface area contributed by atoms with Crippen LogP contribution >= 0.6 is 0 Å². The van der Waals surface area contributed by atoms with E-state index < -0.39 is 36.3 Å². The van der Waals surface area contributed by atoms with Crippen molar-refractivity contribution in [2.45, 2.75) is 130 Å². The summed E-state index contributed by atoms with van der Waals surface area (Å²) >= 11 is 0. The van der Waals surface area contributed by atoms with Crippen LogP contribution in [0.5, 0.6) is 5.75 Å². The van der Waals surface area contributed by atoms with Gasteiger partial charge in [0, 0.05) is 33.4 Å². The van der Waals surface area contributed by atoms with E-state index in [0.717, 1.165) is 18.4 Å². The Labute approximate surface area is 365 Å². The number of likely N-dealkylation sites (tertiary alicyclic amines) is 1. The molecule has 1 aliphatic rings. The molecule has 0 saturated carbocycles. The molecule has 8 unspecified atom stereocenters. The van der Waals surface area contributed by atoms with Crippen LogP contribution in [0.25, 0.3) is 0 Å². The molecule has 2 N–H and O–H groups in total. The molecular formula is C48H75N5O8. The first kappa shape index (κ1) is 51.0. The third-order valence-corrected chi connectivity index (χ3v) is 12.3. The van der Waals surface area contributed by atoms with Crippen LogP contribution in [0, 0.1) is 23.7 Å². The molecule has 340 valence electrons. The van der Waals surface area contributed by atoms with E-state index in [1.54, 1.807) is 50.4 Å². The van der Waals surface area contributed by atoms with Crippen LogP contribution in [0.3, 0.4) is 0 Å². The van der Waals surface area contributed by atoms with Crippen molar-refractivity contribution in [2.24, 2.45) is 23.7 Å². The number of nitrogens with zero attached hydrogens (tertiary/aromatic N) is 3. The Morgan fingerprint density at radius 1 is 0.836 bits per heavy atom. The lowest BCUT2D eigenvalue weighted by atomic mass is 9.89. The fourth-order valence-corrected chi connectivity index (χ4v) is 8.78. The maximum atomic E-state index is 14.4. The SMILES string of the molecule is CCC(C)C(C(CC(=O)N1CCCC1C(OC)C(C)C(=O)NC(COc1ccc(C(C)=O)cc1)Cc1ccccc1)OC)N(C)C(=O)[C@@H](NC(=O)C(C(C)C)N(C)C)C(C)C. The molecule has 13 heteroatoms. The van der Waals surface area contributed by atoms with E-state index in [9.17, 15) is 24.0 Å². The first-order valence-corrected chi connectivity index (χ1v) is 22.0. The van der Waals surface area contributed by atoms with Crippen molar-refractivity contribution in [3.8, 4) is 5.75 Å². The molecule has 1 fully saturated rings. The number of Topliss-reactive ketones (excluding diaryl/α,β-unsaturated/α-hetero) is 1. The maximum absolute atomic E-state index is 14.4. The highest BCUT2D eigenvalue weighted by atomic mass is 16.5. The molecule has 2 aromatic carbocycles. The first-order chi connectivity index (χ1) is 28.9. The van der Waals surface area contributed by atoms with Crippen molar-refractivity contribution >= 4 is 29.4 Å². The van der Waals surface area contributed by atoms with Crippen LogP contribution < -0.4 is 15.4 Å². The number of likely N-dealkylation sites (N-methyl/N-ethyl adjacent to an activating group) is 2. The normalized spacial score (nSPS) is 18.2. The molecule has 1 aliphatic heterocycles. The number of rotatable bonds is 24. The number of hydrogen-bond donors (Lipinski definition) is 2. The van der Waals surface area contributed by atoms with Gasteiger partial charge < -0.3 is 34.6 Å². The molecule has 13 nitrogen and oxygen atoms in total. The summed E-state index contributed by atoms with van der Waals surface area (Å²) in [6, 6.07) is 14.4. The maximum Gasteiger partial charge on any atom is 0.245 e. The zero-order valence-corrected chi connectivity index (χ0v) is 39.1. The lowest BCUT2D eigenvalue weighted by Gasteiger charge is -2.41. The van der Waals surface area contributed by atoms with Crippen molar-refractivity contribution in [3.63, 3.8) is 0 Å². The molecule has 0 radical (unpaired) electrons. The van der Waals surface area contributed by atoms with Crippen LogP contribution in [0.15, 0.2) is 54.6 Å². The molecule has 61 heavy (non-hydrogen) atoms. The van der Waals surface area contributed by atoms with Gasteiger partial charge in [-0.2, -0.15) is 0 Å². The standard InChI is InChI=1S/C48H75N5O8/c1-14-32(6)44(52(11)48(58)42(30(2)3)50-47(57)43(31(4)5)51(9)10)40(59-12)28-41(55)53-26-18-21-39(53)45(60-13)33(7)46(56)49-37(27-35-19-16-15-17-20-35)29-61-38-24-22-36(23-25-38)34(8)54/h15-17,19-20,22-25,30-33,37,39-40,42-45H,14,18,21,26-29H2,1-13H3,(H,49,56)(H,50,57)/t32?,33?,37?,39?,40?,42-,43?,44?,45?/m0/s1. The average Bonchev–Trinajstić information content (AvgIpc) is 3.71. The summed E-state index contributed by atoms with van der Waals surface area (Å²) in [5.74, 6) is -1.01. The molecule has 0 aromatic heterocycles. The van der Waals surface area contributed by atoms with Crippen molar-refractivity contribution in [2.75, 3.05) is 48.5 Å². The van der Waals surface area contributed by atoms with Crippen LogP contribution in [0.2, 0.25) is 0 Å². The van der Waals surface area contributed by atoms with Crippen LogP contribution in [0.4, 0.5) is 0 Å². The molecule has 1 saturated heterocycles. The van der Waals surface area contributed by atoms with Crippen molar-refractivity contribution in [3.05, 3.63) is 65.7 Å². The lowest BCUT2D eigenvalue weighted by molar-refractivity contribution is -0.148. The van der Waals surface area contributed by atoms with Gasteiger partial charge in [0.1, 0.15) is 18.4 Å². The Morgan fingerprint density at radius 3 is 2.00 bits per heavy atom. The van der Waals surface area contributed by atoms with Crippen LogP contribution in [-0.4, -0.2) is 135 Å². The van der Waals surface area contributed by atoms with Gasteiger partial charge in [-0.15, -0.1) is 0 Å². The Kier molecular flexibility index (Phi) is 20.4. The number of carbonyl (C=O) groups excluding carboxylic acids is 5. The monoisotopic (exact) mass is 850 g/mol. The number of nitrogens with one attached hydrogen (secondary N) is 2. The van der Waals surface area contributed by atoms with Gasteiger partial charge in [-0.1, -0.05) is 85.2 Å². The second-order valence-corrected chi connectivity index (χ2v) is 17.8. The molecular weight excluding hydrogens is 775 g/mol. The van der Waals surface area contributed by atoms with Gasteiger partial charge in [0.05, 0.1) is 48.7 Å². The van der Waals surface area contributed by atoms with E-state index in [-0.39, 0.29) is 72.3 Å². The zero-order chi connectivity index (χ0) is 45.6. The van der Waals surface area contributed by atoms with E-state index in [0.29, 0.717) is 30.7 Å². The average molecular weight is 850 g/mol. The van der Waals surface area contributed by atoms with Gasteiger partial charge >= 0.3 is 0 Å². The summed E-state index contributed by atoms with van der Waals surface area (Å²) in [4.78, 5) is 73.4. The third-order valence-electron chi connectivity index (χ3n) is 12.3. The minimum absolute atomic E-state index is 0.0231. The predicted octanol–water partition coefficient (Wildman–Crippen LogP) is 5.64. The van der Waals surface area contributed by atoms with Crippen LogP contribution in [0.1, 0.15) is 97.0 Å². The minimum Gasteiger partial charge on any atom is -0.491 e. The van der Waals surface area contributed by atoms with Gasteiger partial charge in [-0.05, 0) is 87.9 Å². The summed E-state index contributed by atoms with van der Waals surface area (Å²) in [6.45, 7) is 16.0. The van der Waals surface area contributed by atoms with Gasteiger partial charge in [-0.25, -0.2) is 0 Å². The lowest BCUT2D eigenvalue weighted by Crippen LogP contribution is -2.59. The number of carbonyl (C=O) groups is 5. The van der Waals surface area contributed by atoms with Crippen molar-refractivity contribution in [1.82, 2.24) is 25.3 Å². The van der Waals surface area contributed by atoms with E-state index in [2.05, 4.69) is 17.6 Å². The molecule has 9 atom stereocenters. The van der Waals surface area contributed by atoms with E-state index in [4.69, 9.17) is 14.2 Å². The van der Waals surface area contributed by atoms with Gasteiger partial charge in [0.15, 0.2) is 5.78 Å². The largest absolute Gasteiger partial charge is 0.491 e. The summed E-state index contributed by atoms with van der Waals surface area (Å²) < 4.78 is 18.2. The highest BCUT2D eigenvalue weighted by Gasteiger charge is 2.43. The minimum atomic E-state index is -0.769. The Hall–Kier alpha value is -4.33. The smallest absolute Gasteiger partial charge is 0.245 e. The number of ketones is 1. The van der Waals surface area contributed by atoms with Gasteiger partial charge in [0.25, 0.3) is 0 Å². The fraction of sp³-hybridized carbons (Fsp3) is 0.646. The summed E-state index contributed by atoms with van der Waals surface area (Å²) in [7, 11) is 8.60. The van der Waals surface area contributed by atoms with Crippen LogP contribution in [-0.2, 0) is 35.1 Å². The molecule has 0 spiro atoms. The van der Waals surface area contributed by atoms with E-state index in [1.807, 2.05) is 95.8 Å². The molecule has 1 heterocycles. The first-order valence-electron chi connectivity index (χ1n) is 22.0. The van der Waals surface area contributed by atoms with Crippen molar-refractivity contribution < 1.29 is 38.2 Å². The number of benzene rings is 2. The van der Waals surface area contributed by atoms with Gasteiger partial charge in [-0.3, -0.25) is 28.9 Å². The Morgan fingerprint density at radius 2 is 1.48 bits per heavy atom. The fourth-order valence-electron chi connectivity index (χ4n) is 8.78. The number of ether oxygens (including phenoxy) is 3. The second-order valence-electron chi connectivity index (χ2n) is 17.8. The summed E-state index contributed by atoms with van der Waals surface area (Å²) in [5, 5.41) is 6.25. The Bertz CT molecular complexity index is 1700. The Balaban J connectivity index is 1.79. The molecule has 2 aromatic rings. The molecule has 4 amide bonds. The topological polar surface area (TPSA) is 147 Å². The number of methoxy groups -OCH3 is 2. The summed E-state index contributed by atoms with van der Waals surface area (Å²) in [5.41, 5.74) is 1.63. The van der Waals surface area contributed by atoms with Crippen molar-refractivity contribution in [1.29, 1.82) is 0 Å². The molecule has 0 bridgehead atoms. The number of hydrogen-bond acceptors (Lipinski definition) is 9. The second kappa shape index (κ2) is 24.3. The van der Waals surface area contributed by atoms with E-state index in [1.165, 1.54) is 6.92 Å². The predicted molar refractivity (Wildman–Crippen MR) is 239 cm³/mol. The summed E-state index contributed by atoms with van der Waals surface area (Å²) in [6.07, 6.45) is 1.48. The zero-order valence-electron chi connectivity index (χ0n) is 39.1. The highest BCUT2D eigenvalue weighted by molar-refractivity contribution is 5.94.